The van der Waals surface area contributed by atoms with Crippen LogP contribution in [0.5, 0.6) is 0 Å². The number of piperazine rings is 1. The monoisotopic (exact) mass is 651 g/mol. The molecule has 2 N–H and O–H groups in total. The van der Waals surface area contributed by atoms with E-state index in [2.05, 4.69) is 15.2 Å². The fourth-order valence-electron chi connectivity index (χ4n) is 5.55. The van der Waals surface area contributed by atoms with E-state index >= 15 is 13.2 Å². The fraction of sp³-hybridized carbons (Fsp3) is 0.387. The van der Waals surface area contributed by atoms with Gasteiger partial charge in [0.15, 0.2) is 0 Å². The minimum absolute atomic E-state index is 0.0380. The number of benzene rings is 2. The largest absolute Gasteiger partial charge is 0.417 e. The number of H-pyrrole nitrogens is 1. The van der Waals surface area contributed by atoms with Gasteiger partial charge in [-0.2, -0.15) is 13.2 Å². The first kappa shape index (κ1) is 33.0. The SMILES string of the molecule is C[C@@H]1CN(c2cc(F)c(-c3cc(F)c(C(=O)N(C)C4COC4)c(F)c3)cc2NC(=O)c2c[nH]c(=O)cc2C(F)(F)F)C[C@H](C)N1C. The number of nitrogens with one attached hydrogen (secondary N) is 2. The zero-order chi connectivity index (χ0) is 33.7. The van der Waals surface area contributed by atoms with E-state index in [9.17, 15) is 27.6 Å². The van der Waals surface area contributed by atoms with Crippen LogP contribution in [0.25, 0.3) is 11.1 Å². The molecule has 1 aromatic heterocycles. The van der Waals surface area contributed by atoms with Crippen LogP contribution in [0.1, 0.15) is 40.1 Å². The molecule has 2 atom stereocenters. The van der Waals surface area contributed by atoms with E-state index in [1.807, 2.05) is 20.9 Å². The number of pyridine rings is 1. The molecule has 2 amide bonds. The van der Waals surface area contributed by atoms with Crippen molar-refractivity contribution in [3.05, 3.63) is 81.0 Å². The number of nitrogens with zero attached hydrogens (tertiary/aromatic N) is 3. The lowest BCUT2D eigenvalue weighted by Crippen LogP contribution is -2.55. The van der Waals surface area contributed by atoms with Crippen LogP contribution in [0.15, 0.2) is 41.3 Å². The Kier molecular flexibility index (Phi) is 8.92. The number of ether oxygens (including phenoxy) is 1. The molecule has 0 unspecified atom stereocenters. The van der Waals surface area contributed by atoms with Crippen molar-refractivity contribution in [2.45, 2.75) is 38.1 Å². The number of halogens is 6. The molecule has 246 valence electrons. The lowest BCUT2D eigenvalue weighted by atomic mass is 9.99. The maximum Gasteiger partial charge on any atom is 0.417 e. The minimum atomic E-state index is -5.05. The molecule has 2 aliphatic heterocycles. The van der Waals surface area contributed by atoms with Gasteiger partial charge in [-0.15, -0.1) is 0 Å². The summed E-state index contributed by atoms with van der Waals surface area (Å²) in [5.41, 5.74) is -5.03. The number of rotatable bonds is 6. The first-order valence-corrected chi connectivity index (χ1v) is 14.3. The summed E-state index contributed by atoms with van der Waals surface area (Å²) >= 11 is 0. The van der Waals surface area contributed by atoms with Gasteiger partial charge in [-0.1, -0.05) is 0 Å². The standard InChI is InChI=1S/C31H31F6N5O4/c1-15-11-42(12-16(2)40(15)3)26-9-22(32)19(7-25(26)39-29(44)20-10-38-27(43)8-21(20)31(35,36)37)17-5-23(33)28(24(34)6-17)30(45)41(4)18-13-46-14-18/h5-10,15-16,18H,11-14H2,1-4H3,(H,38,43)(H,39,44)/t15-,16+. The van der Waals surface area contributed by atoms with Crippen LogP contribution < -0.4 is 15.8 Å². The summed E-state index contributed by atoms with van der Waals surface area (Å²) in [4.78, 5) is 44.8. The number of anilines is 2. The lowest BCUT2D eigenvalue weighted by Gasteiger charge is -2.44. The van der Waals surface area contributed by atoms with Crippen LogP contribution in [0.3, 0.4) is 0 Å². The van der Waals surface area contributed by atoms with Gasteiger partial charge in [-0.3, -0.25) is 19.3 Å². The topological polar surface area (TPSA) is 98.0 Å². The molecule has 2 aromatic carbocycles. The molecule has 0 saturated carbocycles. The molecule has 0 aliphatic carbocycles. The Bertz CT molecular complexity index is 1710. The van der Waals surface area contributed by atoms with Gasteiger partial charge >= 0.3 is 6.18 Å². The highest BCUT2D eigenvalue weighted by Gasteiger charge is 2.37. The van der Waals surface area contributed by atoms with Crippen molar-refractivity contribution in [1.29, 1.82) is 0 Å². The average Bonchev–Trinajstić information content (AvgIpc) is 2.94. The van der Waals surface area contributed by atoms with Crippen LogP contribution in [-0.2, 0) is 10.9 Å². The Labute approximate surface area is 259 Å². The van der Waals surface area contributed by atoms with Crippen LogP contribution in [0.2, 0.25) is 0 Å². The van der Waals surface area contributed by atoms with Gasteiger partial charge in [0.1, 0.15) is 23.0 Å². The molecule has 3 aromatic rings. The van der Waals surface area contributed by atoms with Crippen molar-refractivity contribution in [3.63, 3.8) is 0 Å². The van der Waals surface area contributed by atoms with Gasteiger partial charge in [-0.25, -0.2) is 13.2 Å². The third-order valence-corrected chi connectivity index (χ3v) is 8.56. The van der Waals surface area contributed by atoms with Crippen LogP contribution in [0.4, 0.5) is 37.7 Å². The van der Waals surface area contributed by atoms with Gasteiger partial charge in [0.2, 0.25) is 5.56 Å². The molecule has 9 nitrogen and oxygen atoms in total. The number of carbonyl (C=O) groups excluding carboxylic acids is 2. The van der Waals surface area contributed by atoms with E-state index in [4.69, 9.17) is 4.74 Å². The Balaban J connectivity index is 1.59. The first-order chi connectivity index (χ1) is 21.6. The van der Waals surface area contributed by atoms with Crippen LogP contribution >= 0.6 is 0 Å². The highest BCUT2D eigenvalue weighted by Crippen LogP contribution is 2.38. The summed E-state index contributed by atoms with van der Waals surface area (Å²) in [6.45, 7) is 4.98. The maximum absolute atomic E-state index is 15.8. The zero-order valence-corrected chi connectivity index (χ0v) is 25.3. The molecular weight excluding hydrogens is 620 g/mol. The van der Waals surface area contributed by atoms with Crippen molar-refractivity contribution in [2.75, 3.05) is 50.6 Å². The van der Waals surface area contributed by atoms with Crippen LogP contribution in [0, 0.1) is 17.5 Å². The summed E-state index contributed by atoms with van der Waals surface area (Å²) in [7, 11) is 3.28. The molecule has 0 bridgehead atoms. The molecule has 15 heteroatoms. The normalized spacial score (nSPS) is 19.1. The minimum Gasteiger partial charge on any atom is -0.377 e. The molecule has 2 aliphatic rings. The number of aromatic amines is 1. The van der Waals surface area contributed by atoms with Gasteiger partial charge in [0.25, 0.3) is 11.8 Å². The van der Waals surface area contributed by atoms with Crippen molar-refractivity contribution < 1.29 is 40.7 Å². The number of carbonyl (C=O) groups is 2. The summed E-state index contributed by atoms with van der Waals surface area (Å²) < 4.78 is 92.6. The highest BCUT2D eigenvalue weighted by molar-refractivity contribution is 6.07. The maximum atomic E-state index is 15.8. The molecule has 2 fully saturated rings. The van der Waals surface area contributed by atoms with Crippen molar-refractivity contribution in [3.8, 4) is 11.1 Å². The van der Waals surface area contributed by atoms with E-state index in [-0.39, 0.29) is 59.9 Å². The Morgan fingerprint density at radius 2 is 1.59 bits per heavy atom. The number of alkyl halides is 3. The van der Waals surface area contributed by atoms with E-state index in [1.54, 1.807) is 4.90 Å². The number of hydrogen-bond acceptors (Lipinski definition) is 6. The molecule has 5 rings (SSSR count). The van der Waals surface area contributed by atoms with Crippen LogP contribution in [-0.4, -0.2) is 85.1 Å². The van der Waals surface area contributed by atoms with Crippen molar-refractivity contribution in [1.82, 2.24) is 14.8 Å². The number of likely N-dealkylation sites (N-methyl/N-ethyl adjacent to an activating group) is 2. The fourth-order valence-corrected chi connectivity index (χ4v) is 5.55. The predicted molar refractivity (Wildman–Crippen MR) is 157 cm³/mol. The molecule has 0 spiro atoms. The third kappa shape index (κ3) is 6.33. The van der Waals surface area contributed by atoms with E-state index in [1.165, 1.54) is 7.05 Å². The first-order valence-electron chi connectivity index (χ1n) is 14.3. The number of hydrogen-bond donors (Lipinski definition) is 2. The molecular formula is C31H31F6N5O4. The second-order valence-electron chi connectivity index (χ2n) is 11.6. The Hall–Kier alpha value is -4.37. The van der Waals surface area contributed by atoms with E-state index < -0.39 is 57.7 Å². The summed E-state index contributed by atoms with van der Waals surface area (Å²) in [6.07, 6.45) is -4.42. The average molecular weight is 652 g/mol. The summed E-state index contributed by atoms with van der Waals surface area (Å²) in [5, 5.41) is 2.39. The third-order valence-electron chi connectivity index (χ3n) is 8.56. The van der Waals surface area contributed by atoms with Crippen molar-refractivity contribution in [2.24, 2.45) is 0 Å². The zero-order valence-electron chi connectivity index (χ0n) is 25.3. The number of aromatic nitrogens is 1. The molecule has 3 heterocycles. The second kappa shape index (κ2) is 12.4. The van der Waals surface area contributed by atoms with Gasteiger partial charge in [-0.05, 0) is 50.7 Å². The second-order valence-corrected chi connectivity index (χ2v) is 11.6. The van der Waals surface area contributed by atoms with Gasteiger partial charge < -0.3 is 24.8 Å². The van der Waals surface area contributed by atoms with E-state index in [0.29, 0.717) is 19.3 Å². The summed E-state index contributed by atoms with van der Waals surface area (Å²) in [5.74, 6) is -5.65. The van der Waals surface area contributed by atoms with E-state index in [0.717, 1.165) is 29.2 Å². The molecule has 2 saturated heterocycles. The number of amides is 2. The Morgan fingerprint density at radius 3 is 2.13 bits per heavy atom. The lowest BCUT2D eigenvalue weighted by molar-refractivity contribution is -0.138. The van der Waals surface area contributed by atoms with Gasteiger partial charge in [0.05, 0.1) is 41.8 Å². The molecule has 0 radical (unpaired) electrons. The van der Waals surface area contributed by atoms with Gasteiger partial charge in [0, 0.05) is 50.0 Å². The molecule has 46 heavy (non-hydrogen) atoms. The summed E-state index contributed by atoms with van der Waals surface area (Å²) in [6, 6.07) is 3.47. The van der Waals surface area contributed by atoms with Crippen molar-refractivity contribution >= 4 is 23.2 Å². The Morgan fingerprint density at radius 1 is 0.978 bits per heavy atom. The predicted octanol–water partition coefficient (Wildman–Crippen LogP) is 4.73. The quantitative estimate of drug-likeness (QED) is 0.375. The smallest absolute Gasteiger partial charge is 0.377 e. The highest BCUT2D eigenvalue weighted by atomic mass is 19.4.